The molecule has 1 N–H and O–H groups in total. The maximum Gasteiger partial charge on any atom is 0.261 e. The van der Waals surface area contributed by atoms with Gasteiger partial charge in [0.2, 0.25) is 5.91 Å². The normalized spacial score (nSPS) is 13.5. The van der Waals surface area contributed by atoms with Gasteiger partial charge in [0.15, 0.2) is 0 Å². The van der Waals surface area contributed by atoms with Gasteiger partial charge in [0.25, 0.3) is 5.91 Å². The lowest BCUT2D eigenvalue weighted by atomic mass is 10.2. The van der Waals surface area contributed by atoms with Crippen molar-refractivity contribution in [2.24, 2.45) is 0 Å². The molecule has 1 aliphatic rings. The molecule has 7 heteroatoms. The van der Waals surface area contributed by atoms with Crippen molar-refractivity contribution in [1.29, 1.82) is 0 Å². The molecular formula is C17H17ClN2O2S2. The fourth-order valence-corrected chi connectivity index (χ4v) is 4.30. The minimum Gasteiger partial charge on any atom is -0.351 e. The van der Waals surface area contributed by atoms with E-state index in [1.807, 2.05) is 29.6 Å². The van der Waals surface area contributed by atoms with Crippen LogP contribution in [0.5, 0.6) is 0 Å². The monoisotopic (exact) mass is 380 g/mol. The van der Waals surface area contributed by atoms with Gasteiger partial charge in [0, 0.05) is 35.2 Å². The first-order chi connectivity index (χ1) is 11.6. The number of thiophene rings is 1. The Balaban J connectivity index is 1.51. The van der Waals surface area contributed by atoms with Gasteiger partial charge in [-0.2, -0.15) is 0 Å². The lowest BCUT2D eigenvalue weighted by Gasteiger charge is -2.29. The Kier molecular flexibility index (Phi) is 5.81. The fourth-order valence-electron chi connectivity index (χ4n) is 2.52. The van der Waals surface area contributed by atoms with Crippen LogP contribution in [0.2, 0.25) is 5.02 Å². The molecule has 1 aromatic heterocycles. The third-order valence-electron chi connectivity index (χ3n) is 3.68. The lowest BCUT2D eigenvalue weighted by Crippen LogP contribution is -2.36. The van der Waals surface area contributed by atoms with Crippen molar-refractivity contribution in [3.63, 3.8) is 0 Å². The number of thioether (sulfide) groups is 1. The van der Waals surface area contributed by atoms with E-state index in [0.717, 1.165) is 16.3 Å². The van der Waals surface area contributed by atoms with E-state index in [4.69, 9.17) is 11.6 Å². The zero-order valence-corrected chi connectivity index (χ0v) is 15.3. The minimum atomic E-state index is -0.0797. The van der Waals surface area contributed by atoms with Crippen molar-refractivity contribution in [2.75, 3.05) is 23.7 Å². The molecule has 0 unspecified atom stereocenters. The quantitative estimate of drug-likeness (QED) is 0.796. The van der Waals surface area contributed by atoms with Gasteiger partial charge >= 0.3 is 0 Å². The van der Waals surface area contributed by atoms with Crippen molar-refractivity contribution in [3.05, 3.63) is 45.6 Å². The SMILES string of the molecule is O=C(NCCCC(=O)N1CCSc2ccc(Cl)cc21)c1cccs1. The van der Waals surface area contributed by atoms with Gasteiger partial charge in [0.05, 0.1) is 10.6 Å². The van der Waals surface area contributed by atoms with Crippen molar-refractivity contribution in [2.45, 2.75) is 17.7 Å². The molecule has 0 saturated carbocycles. The molecule has 1 aliphatic heterocycles. The molecule has 126 valence electrons. The van der Waals surface area contributed by atoms with Crippen LogP contribution in [-0.2, 0) is 4.79 Å². The molecule has 2 aromatic rings. The molecule has 0 atom stereocenters. The second kappa shape index (κ2) is 8.05. The molecule has 0 aliphatic carbocycles. The Labute approximate surface area is 154 Å². The molecule has 0 bridgehead atoms. The summed E-state index contributed by atoms with van der Waals surface area (Å²) >= 11 is 9.21. The van der Waals surface area contributed by atoms with Crippen molar-refractivity contribution in [3.8, 4) is 0 Å². The molecule has 2 heterocycles. The van der Waals surface area contributed by atoms with Crippen LogP contribution >= 0.6 is 34.7 Å². The van der Waals surface area contributed by atoms with Crippen LogP contribution in [0, 0.1) is 0 Å². The molecule has 2 amide bonds. The van der Waals surface area contributed by atoms with Gasteiger partial charge in [-0.3, -0.25) is 9.59 Å². The number of carbonyl (C=O) groups is 2. The van der Waals surface area contributed by atoms with Crippen LogP contribution in [0.25, 0.3) is 0 Å². The summed E-state index contributed by atoms with van der Waals surface area (Å²) in [6.45, 7) is 1.19. The summed E-state index contributed by atoms with van der Waals surface area (Å²) in [4.78, 5) is 27.9. The van der Waals surface area contributed by atoms with E-state index in [0.29, 0.717) is 35.8 Å². The smallest absolute Gasteiger partial charge is 0.261 e. The van der Waals surface area contributed by atoms with E-state index in [1.54, 1.807) is 22.7 Å². The summed E-state index contributed by atoms with van der Waals surface area (Å²) in [5.74, 6) is 0.878. The number of carbonyl (C=O) groups excluding carboxylic acids is 2. The summed E-state index contributed by atoms with van der Waals surface area (Å²) in [5.41, 5.74) is 0.895. The zero-order valence-electron chi connectivity index (χ0n) is 13.0. The van der Waals surface area contributed by atoms with Crippen LogP contribution in [0.1, 0.15) is 22.5 Å². The highest BCUT2D eigenvalue weighted by atomic mass is 35.5. The van der Waals surface area contributed by atoms with E-state index in [2.05, 4.69) is 5.32 Å². The summed E-state index contributed by atoms with van der Waals surface area (Å²) < 4.78 is 0. The Bertz CT molecular complexity index is 734. The summed E-state index contributed by atoms with van der Waals surface area (Å²) in [6, 6.07) is 9.29. The average Bonchev–Trinajstić information content (AvgIpc) is 3.12. The molecular weight excluding hydrogens is 364 g/mol. The highest BCUT2D eigenvalue weighted by Crippen LogP contribution is 2.36. The van der Waals surface area contributed by atoms with Crippen LogP contribution in [0.4, 0.5) is 5.69 Å². The van der Waals surface area contributed by atoms with E-state index in [1.165, 1.54) is 11.3 Å². The minimum absolute atomic E-state index is 0.0733. The number of nitrogens with one attached hydrogen (secondary N) is 1. The zero-order chi connectivity index (χ0) is 16.9. The third kappa shape index (κ3) is 4.12. The first kappa shape index (κ1) is 17.3. The van der Waals surface area contributed by atoms with E-state index >= 15 is 0 Å². The molecule has 0 spiro atoms. The Morgan fingerprint density at radius 1 is 1.29 bits per heavy atom. The molecule has 3 rings (SSSR count). The van der Waals surface area contributed by atoms with Gasteiger partial charge in [-0.1, -0.05) is 17.7 Å². The van der Waals surface area contributed by atoms with Gasteiger partial charge in [0.1, 0.15) is 0 Å². The van der Waals surface area contributed by atoms with E-state index < -0.39 is 0 Å². The maximum absolute atomic E-state index is 12.5. The molecule has 0 saturated heterocycles. The van der Waals surface area contributed by atoms with Crippen LogP contribution in [0.3, 0.4) is 0 Å². The van der Waals surface area contributed by atoms with Crippen LogP contribution < -0.4 is 10.2 Å². The number of benzene rings is 1. The fraction of sp³-hybridized carbons (Fsp3) is 0.294. The highest BCUT2D eigenvalue weighted by molar-refractivity contribution is 7.99. The predicted octanol–water partition coefficient (Wildman–Crippen LogP) is 4.05. The average molecular weight is 381 g/mol. The summed E-state index contributed by atoms with van der Waals surface area (Å²) in [6.07, 6.45) is 1.02. The second-order valence-electron chi connectivity index (χ2n) is 5.34. The Hall–Kier alpha value is -1.50. The number of amides is 2. The molecule has 1 aromatic carbocycles. The van der Waals surface area contributed by atoms with Gasteiger partial charge in [-0.25, -0.2) is 0 Å². The number of hydrogen-bond donors (Lipinski definition) is 1. The number of hydrogen-bond acceptors (Lipinski definition) is 4. The van der Waals surface area contributed by atoms with E-state index in [-0.39, 0.29) is 11.8 Å². The van der Waals surface area contributed by atoms with Crippen molar-refractivity contribution < 1.29 is 9.59 Å². The summed E-state index contributed by atoms with van der Waals surface area (Å²) in [7, 11) is 0. The standard InChI is InChI=1S/C17H17ClN2O2S2/c18-12-5-6-14-13(11-12)20(8-10-24-14)16(21)4-1-7-19-17(22)15-3-2-9-23-15/h2-3,5-6,9,11H,1,4,7-8,10H2,(H,19,22). The first-order valence-electron chi connectivity index (χ1n) is 7.69. The molecule has 0 fully saturated rings. The van der Waals surface area contributed by atoms with E-state index in [9.17, 15) is 9.59 Å². The first-order valence-corrected chi connectivity index (χ1v) is 9.94. The van der Waals surface area contributed by atoms with Crippen LogP contribution in [0.15, 0.2) is 40.6 Å². The van der Waals surface area contributed by atoms with Crippen molar-refractivity contribution >= 4 is 52.2 Å². The molecule has 24 heavy (non-hydrogen) atoms. The number of nitrogens with zero attached hydrogens (tertiary/aromatic N) is 1. The third-order valence-corrected chi connectivity index (χ3v) is 5.83. The number of halogens is 1. The highest BCUT2D eigenvalue weighted by Gasteiger charge is 2.22. The number of fused-ring (bicyclic) bond motifs is 1. The largest absolute Gasteiger partial charge is 0.351 e. The van der Waals surface area contributed by atoms with Crippen LogP contribution in [-0.4, -0.2) is 30.7 Å². The Morgan fingerprint density at radius 3 is 2.96 bits per heavy atom. The predicted molar refractivity (Wildman–Crippen MR) is 100 cm³/mol. The van der Waals surface area contributed by atoms with Crippen molar-refractivity contribution in [1.82, 2.24) is 5.32 Å². The van der Waals surface area contributed by atoms with Gasteiger partial charge < -0.3 is 10.2 Å². The summed E-state index contributed by atoms with van der Waals surface area (Å²) in [5, 5.41) is 5.35. The Morgan fingerprint density at radius 2 is 2.17 bits per heavy atom. The molecule has 4 nitrogen and oxygen atoms in total. The van der Waals surface area contributed by atoms with Gasteiger partial charge in [-0.15, -0.1) is 23.1 Å². The maximum atomic E-state index is 12.5. The number of anilines is 1. The topological polar surface area (TPSA) is 49.4 Å². The molecule has 0 radical (unpaired) electrons. The second-order valence-corrected chi connectivity index (χ2v) is 7.86. The number of rotatable bonds is 5. The lowest BCUT2D eigenvalue weighted by molar-refractivity contribution is -0.118. The van der Waals surface area contributed by atoms with Gasteiger partial charge in [-0.05, 0) is 36.1 Å².